The van der Waals surface area contributed by atoms with E-state index in [1.165, 1.54) is 12.0 Å². The smallest absolute Gasteiger partial charge is 0.408 e. The summed E-state index contributed by atoms with van der Waals surface area (Å²) in [6, 6.07) is 6.01. The van der Waals surface area contributed by atoms with E-state index in [2.05, 4.69) is 18.5 Å². The Labute approximate surface area is 277 Å². The van der Waals surface area contributed by atoms with Crippen molar-refractivity contribution in [2.75, 3.05) is 20.3 Å². The zero-order valence-corrected chi connectivity index (χ0v) is 27.8. The number of hydrogen-bond donors (Lipinski definition) is 1. The highest BCUT2D eigenvalue weighted by Crippen LogP contribution is 2.38. The molecule has 1 aromatic heterocycles. The molecule has 1 aliphatic heterocycles. The number of ether oxygens (including phenoxy) is 4. The zero-order chi connectivity index (χ0) is 33.3. The Morgan fingerprint density at radius 1 is 1.09 bits per heavy atom. The van der Waals surface area contributed by atoms with Gasteiger partial charge < -0.3 is 29.2 Å². The summed E-state index contributed by atoms with van der Waals surface area (Å²) >= 11 is 0. The van der Waals surface area contributed by atoms with Crippen molar-refractivity contribution in [3.05, 3.63) is 55.1 Å². The molecule has 2 aliphatic carbocycles. The van der Waals surface area contributed by atoms with Gasteiger partial charge in [-0.05, 0) is 82.3 Å². The van der Waals surface area contributed by atoms with Crippen molar-refractivity contribution in [2.45, 2.75) is 102 Å². The maximum atomic E-state index is 14.4. The molecular formula is C37H49N3O7. The first-order chi connectivity index (χ1) is 22.9. The van der Waals surface area contributed by atoms with Crippen molar-refractivity contribution in [1.82, 2.24) is 15.2 Å². The van der Waals surface area contributed by atoms with E-state index in [1.54, 1.807) is 6.08 Å². The highest BCUT2D eigenvalue weighted by Gasteiger charge is 2.46. The first kappa shape index (κ1) is 34.3. The Morgan fingerprint density at radius 3 is 2.60 bits per heavy atom. The molecule has 1 saturated heterocycles. The summed E-state index contributed by atoms with van der Waals surface area (Å²) in [4.78, 5) is 47.1. The molecular weight excluding hydrogens is 598 g/mol. The van der Waals surface area contributed by atoms with Crippen molar-refractivity contribution in [3.63, 3.8) is 0 Å². The Bertz CT molecular complexity index is 1440. The number of nitrogens with zero attached hydrogens (tertiary/aromatic N) is 2. The van der Waals surface area contributed by atoms with E-state index >= 15 is 0 Å². The fourth-order valence-electron chi connectivity index (χ4n) is 7.54. The number of allylic oxidation sites excluding steroid dienone is 2. The van der Waals surface area contributed by atoms with Gasteiger partial charge in [0.15, 0.2) is 0 Å². The predicted molar refractivity (Wildman–Crippen MR) is 179 cm³/mol. The number of aromatic nitrogens is 1. The van der Waals surface area contributed by atoms with E-state index in [0.29, 0.717) is 30.2 Å². The van der Waals surface area contributed by atoms with E-state index < -0.39 is 30.3 Å². The highest BCUT2D eigenvalue weighted by molar-refractivity contribution is 5.91. The number of benzene rings is 1. The largest absolute Gasteiger partial charge is 0.493 e. The second kappa shape index (κ2) is 16.2. The van der Waals surface area contributed by atoms with E-state index in [1.807, 2.05) is 37.3 Å². The second-order valence-electron chi connectivity index (χ2n) is 12.8. The molecule has 0 spiro atoms. The normalized spacial score (nSPS) is 23.3. The maximum Gasteiger partial charge on any atom is 0.408 e. The third-order valence-corrected chi connectivity index (χ3v) is 9.84. The zero-order valence-electron chi connectivity index (χ0n) is 27.8. The molecule has 10 heteroatoms. The van der Waals surface area contributed by atoms with Crippen molar-refractivity contribution in [3.8, 4) is 11.6 Å². The molecule has 5 rings (SSSR count). The van der Waals surface area contributed by atoms with Crippen molar-refractivity contribution >= 4 is 28.9 Å². The van der Waals surface area contributed by atoms with Gasteiger partial charge in [-0.15, -0.1) is 13.2 Å². The topological polar surface area (TPSA) is 116 Å². The Balaban J connectivity index is 1.37. The minimum Gasteiger partial charge on any atom is -0.493 e. The predicted octanol–water partition coefficient (Wildman–Crippen LogP) is 6.30. The summed E-state index contributed by atoms with van der Waals surface area (Å²) < 4.78 is 23.7. The van der Waals surface area contributed by atoms with Crippen molar-refractivity contribution in [1.29, 1.82) is 0 Å². The highest BCUT2D eigenvalue weighted by atomic mass is 16.6. The van der Waals surface area contributed by atoms with Gasteiger partial charge >= 0.3 is 12.1 Å². The van der Waals surface area contributed by atoms with Crippen LogP contribution in [0.3, 0.4) is 0 Å². The summed E-state index contributed by atoms with van der Waals surface area (Å²) in [5.74, 6) is 0.452. The molecule has 3 aliphatic rings. The van der Waals surface area contributed by atoms with Gasteiger partial charge in [-0.3, -0.25) is 4.79 Å². The SMILES string of the molecule is C=CCCC1CCCC1OC(=O)NC(C(=O)N1CC(Oc2nc3ccccc3c(OCC)c2CC=C)CC1C(=O)OC)C1CCCC1. The number of rotatable bonds is 14. The Kier molecular flexibility index (Phi) is 11.8. The van der Waals surface area contributed by atoms with Crippen LogP contribution in [0.1, 0.15) is 76.7 Å². The summed E-state index contributed by atoms with van der Waals surface area (Å²) in [5.41, 5.74) is 1.47. The first-order valence-electron chi connectivity index (χ1n) is 17.2. The number of nitrogens with one attached hydrogen (secondary N) is 1. The fourth-order valence-corrected chi connectivity index (χ4v) is 7.54. The Morgan fingerprint density at radius 2 is 1.87 bits per heavy atom. The minimum absolute atomic E-state index is 0.0523. The number of fused-ring (bicyclic) bond motifs is 1. The standard InChI is InChI=1S/C37H49N3O7/c1-5-8-15-24-18-13-21-31(24)47-37(43)39-32(25-16-9-10-17-25)35(41)40-23-26(22-30(40)36(42)44-4)46-34-28(14-6-2)33(45-7-3)27-19-11-12-20-29(27)38-34/h5-6,11-12,19-20,24-26,30-32H,1-2,7-10,13-18,21-23H2,3-4H3,(H,39,43). The number of pyridine rings is 1. The van der Waals surface area contributed by atoms with E-state index in [0.717, 1.165) is 68.7 Å². The lowest BCUT2D eigenvalue weighted by molar-refractivity contribution is -0.152. The molecule has 47 heavy (non-hydrogen) atoms. The van der Waals surface area contributed by atoms with Gasteiger partial charge in [0.1, 0.15) is 30.0 Å². The van der Waals surface area contributed by atoms with Crippen LogP contribution in [0.15, 0.2) is 49.6 Å². The summed E-state index contributed by atoms with van der Waals surface area (Å²) in [6.45, 7) is 10.3. The lowest BCUT2D eigenvalue weighted by atomic mass is 9.96. The lowest BCUT2D eigenvalue weighted by Gasteiger charge is -2.31. The molecule has 10 nitrogen and oxygen atoms in total. The molecule has 2 saturated carbocycles. The molecule has 1 aromatic carbocycles. The van der Waals surface area contributed by atoms with Gasteiger partial charge in [-0.1, -0.05) is 37.1 Å². The van der Waals surface area contributed by atoms with Crippen LogP contribution in [0.25, 0.3) is 10.9 Å². The first-order valence-corrected chi connectivity index (χ1v) is 17.2. The van der Waals surface area contributed by atoms with Crippen molar-refractivity contribution in [2.24, 2.45) is 11.8 Å². The molecule has 0 radical (unpaired) electrons. The molecule has 5 atom stereocenters. The molecule has 0 bridgehead atoms. The van der Waals surface area contributed by atoms with Crippen LogP contribution in [0.4, 0.5) is 4.79 Å². The average Bonchev–Trinajstić information content (AvgIpc) is 3.86. The molecule has 5 unspecified atom stereocenters. The van der Waals surface area contributed by atoms with Gasteiger partial charge in [-0.25, -0.2) is 14.6 Å². The average molecular weight is 648 g/mol. The van der Waals surface area contributed by atoms with Crippen LogP contribution in [0, 0.1) is 11.8 Å². The molecule has 2 aromatic rings. The number of likely N-dealkylation sites (tertiary alicyclic amines) is 1. The van der Waals surface area contributed by atoms with Crippen LogP contribution >= 0.6 is 0 Å². The van der Waals surface area contributed by atoms with Gasteiger partial charge in [-0.2, -0.15) is 0 Å². The number of carbonyl (C=O) groups is 3. The number of methoxy groups -OCH3 is 1. The van der Waals surface area contributed by atoms with E-state index in [-0.39, 0.29) is 36.8 Å². The second-order valence-corrected chi connectivity index (χ2v) is 12.8. The third-order valence-electron chi connectivity index (χ3n) is 9.84. The molecule has 254 valence electrons. The van der Waals surface area contributed by atoms with Crippen LogP contribution in [0.2, 0.25) is 0 Å². The lowest BCUT2D eigenvalue weighted by Crippen LogP contribution is -2.55. The quantitative estimate of drug-likeness (QED) is 0.188. The van der Waals surface area contributed by atoms with E-state index in [9.17, 15) is 14.4 Å². The van der Waals surface area contributed by atoms with Gasteiger partial charge in [0.05, 0.1) is 31.3 Å². The van der Waals surface area contributed by atoms with Gasteiger partial charge in [0, 0.05) is 11.8 Å². The molecule has 1 N–H and O–H groups in total. The minimum atomic E-state index is -0.869. The fraction of sp³-hybridized carbons (Fsp3) is 0.568. The van der Waals surface area contributed by atoms with Crippen LogP contribution in [-0.4, -0.2) is 72.4 Å². The summed E-state index contributed by atoms with van der Waals surface area (Å²) in [5, 5.41) is 3.81. The van der Waals surface area contributed by atoms with Gasteiger partial charge in [0.25, 0.3) is 0 Å². The number of esters is 1. The number of amides is 2. The Hall–Kier alpha value is -4.08. The molecule has 3 fully saturated rings. The number of para-hydroxylation sites is 1. The summed E-state index contributed by atoms with van der Waals surface area (Å²) in [6.07, 6.45) is 11.3. The monoisotopic (exact) mass is 647 g/mol. The molecule has 2 amide bonds. The number of alkyl carbamates (subject to hydrolysis) is 1. The van der Waals surface area contributed by atoms with Gasteiger partial charge in [0.2, 0.25) is 11.8 Å². The van der Waals surface area contributed by atoms with Crippen LogP contribution in [0.5, 0.6) is 11.6 Å². The third kappa shape index (κ3) is 7.91. The van der Waals surface area contributed by atoms with Crippen molar-refractivity contribution < 1.29 is 33.3 Å². The number of carbonyl (C=O) groups excluding carboxylic acids is 3. The van der Waals surface area contributed by atoms with Crippen LogP contribution < -0.4 is 14.8 Å². The van der Waals surface area contributed by atoms with Crippen LogP contribution in [-0.2, 0) is 25.5 Å². The van der Waals surface area contributed by atoms with E-state index in [4.69, 9.17) is 23.9 Å². The molecule has 2 heterocycles. The summed E-state index contributed by atoms with van der Waals surface area (Å²) in [7, 11) is 1.31. The number of hydrogen-bond acceptors (Lipinski definition) is 8. The maximum absolute atomic E-state index is 14.4.